The molecule has 2 aliphatic rings. The molecule has 0 N–H and O–H groups in total. The van der Waals surface area contributed by atoms with Crippen molar-refractivity contribution in [3.05, 3.63) is 35.4 Å². The summed E-state index contributed by atoms with van der Waals surface area (Å²) < 4.78 is 5.90. The SMILES string of the molecule is Cc1ccccc1COC1CN(C(=O)C2CC(=O)N(C(C)C)C2)C1. The van der Waals surface area contributed by atoms with Gasteiger partial charge in [0.05, 0.1) is 18.6 Å². The Balaban J connectivity index is 1.44. The minimum absolute atomic E-state index is 0.0937. The Morgan fingerprint density at radius 2 is 1.96 bits per heavy atom. The number of ether oxygens (including phenoxy) is 1. The maximum Gasteiger partial charge on any atom is 0.228 e. The molecule has 0 radical (unpaired) electrons. The molecule has 2 aliphatic heterocycles. The van der Waals surface area contributed by atoms with Crippen molar-refractivity contribution in [2.75, 3.05) is 19.6 Å². The molecule has 0 aromatic heterocycles. The van der Waals surface area contributed by atoms with Crippen LogP contribution in [-0.2, 0) is 20.9 Å². The number of carbonyl (C=O) groups is 2. The van der Waals surface area contributed by atoms with E-state index in [0.717, 1.165) is 0 Å². The van der Waals surface area contributed by atoms with Crippen LogP contribution in [0.4, 0.5) is 0 Å². The summed E-state index contributed by atoms with van der Waals surface area (Å²) in [5.74, 6) is 0.00989. The van der Waals surface area contributed by atoms with E-state index in [1.54, 1.807) is 4.90 Å². The van der Waals surface area contributed by atoms with Crippen LogP contribution in [0, 0.1) is 12.8 Å². The lowest BCUT2D eigenvalue weighted by molar-refractivity contribution is -0.150. The van der Waals surface area contributed by atoms with Crippen molar-refractivity contribution in [2.24, 2.45) is 5.92 Å². The summed E-state index contributed by atoms with van der Waals surface area (Å²) in [5.41, 5.74) is 2.42. The zero-order valence-corrected chi connectivity index (χ0v) is 14.7. The second-order valence-corrected chi connectivity index (χ2v) is 7.14. The molecule has 1 aromatic carbocycles. The minimum atomic E-state index is -0.183. The first-order valence-corrected chi connectivity index (χ1v) is 8.70. The lowest BCUT2D eigenvalue weighted by Gasteiger charge is -2.40. The number of hydrogen-bond donors (Lipinski definition) is 0. The maximum absolute atomic E-state index is 12.5. The summed E-state index contributed by atoms with van der Waals surface area (Å²) in [5, 5.41) is 0. The van der Waals surface area contributed by atoms with Crippen LogP contribution in [-0.4, -0.2) is 53.4 Å². The van der Waals surface area contributed by atoms with E-state index in [9.17, 15) is 9.59 Å². The second kappa shape index (κ2) is 6.93. The van der Waals surface area contributed by atoms with Crippen LogP contribution < -0.4 is 0 Å². The molecule has 24 heavy (non-hydrogen) atoms. The smallest absolute Gasteiger partial charge is 0.228 e. The van der Waals surface area contributed by atoms with Gasteiger partial charge in [-0.2, -0.15) is 0 Å². The first kappa shape index (κ1) is 17.0. The molecule has 1 atom stereocenters. The van der Waals surface area contributed by atoms with Crippen molar-refractivity contribution < 1.29 is 14.3 Å². The Morgan fingerprint density at radius 3 is 2.58 bits per heavy atom. The normalized spacial score (nSPS) is 21.5. The molecular weight excluding hydrogens is 304 g/mol. The fourth-order valence-electron chi connectivity index (χ4n) is 3.36. The number of hydrogen-bond acceptors (Lipinski definition) is 3. The number of likely N-dealkylation sites (tertiary alicyclic amines) is 2. The van der Waals surface area contributed by atoms with E-state index in [0.29, 0.717) is 32.7 Å². The van der Waals surface area contributed by atoms with Gasteiger partial charge in [-0.25, -0.2) is 0 Å². The van der Waals surface area contributed by atoms with Crippen molar-refractivity contribution in [1.29, 1.82) is 0 Å². The molecule has 2 amide bonds. The lowest BCUT2D eigenvalue weighted by Crippen LogP contribution is -2.56. The van der Waals surface area contributed by atoms with Crippen LogP contribution >= 0.6 is 0 Å². The van der Waals surface area contributed by atoms with Crippen LogP contribution in [0.1, 0.15) is 31.4 Å². The number of amides is 2. The molecule has 5 nitrogen and oxygen atoms in total. The Kier molecular flexibility index (Phi) is 4.90. The average molecular weight is 330 g/mol. The molecule has 3 rings (SSSR count). The number of rotatable bonds is 5. The van der Waals surface area contributed by atoms with E-state index < -0.39 is 0 Å². The third-order valence-electron chi connectivity index (χ3n) is 5.03. The predicted molar refractivity (Wildman–Crippen MR) is 91.3 cm³/mol. The molecule has 0 aliphatic carbocycles. The Hall–Kier alpha value is -1.88. The number of nitrogens with zero attached hydrogens (tertiary/aromatic N) is 2. The lowest BCUT2D eigenvalue weighted by atomic mass is 10.0. The fourth-order valence-corrected chi connectivity index (χ4v) is 3.36. The highest BCUT2D eigenvalue weighted by molar-refractivity contribution is 5.89. The third kappa shape index (κ3) is 3.46. The molecule has 2 fully saturated rings. The second-order valence-electron chi connectivity index (χ2n) is 7.14. The Labute approximate surface area is 143 Å². The Bertz CT molecular complexity index is 623. The quantitative estimate of drug-likeness (QED) is 0.829. The summed E-state index contributed by atoms with van der Waals surface area (Å²) >= 11 is 0. The molecule has 1 aromatic rings. The number of aryl methyl sites for hydroxylation is 1. The zero-order valence-electron chi connectivity index (χ0n) is 14.7. The van der Waals surface area contributed by atoms with Crippen molar-refractivity contribution in [1.82, 2.24) is 9.80 Å². The standard InChI is InChI=1S/C19H26N2O3/c1-13(2)21-9-16(8-18(21)22)19(23)20-10-17(11-20)24-12-15-7-5-4-6-14(15)3/h4-7,13,16-17H,8-12H2,1-3H3. The van der Waals surface area contributed by atoms with Crippen molar-refractivity contribution in [3.8, 4) is 0 Å². The average Bonchev–Trinajstić information content (AvgIpc) is 2.89. The first-order valence-electron chi connectivity index (χ1n) is 8.70. The summed E-state index contributed by atoms with van der Waals surface area (Å²) in [6, 6.07) is 8.34. The molecule has 2 saturated heterocycles. The molecule has 0 bridgehead atoms. The van der Waals surface area contributed by atoms with Gasteiger partial charge in [0.15, 0.2) is 0 Å². The van der Waals surface area contributed by atoms with E-state index in [1.165, 1.54) is 11.1 Å². The van der Waals surface area contributed by atoms with E-state index in [-0.39, 0.29) is 29.9 Å². The first-order chi connectivity index (χ1) is 11.5. The van der Waals surface area contributed by atoms with Gasteiger partial charge in [-0.15, -0.1) is 0 Å². The van der Waals surface area contributed by atoms with Gasteiger partial charge in [-0.3, -0.25) is 9.59 Å². The zero-order chi connectivity index (χ0) is 17.3. The van der Waals surface area contributed by atoms with Crippen LogP contribution in [0.25, 0.3) is 0 Å². The van der Waals surface area contributed by atoms with Gasteiger partial charge in [0.2, 0.25) is 11.8 Å². The molecule has 5 heteroatoms. The highest BCUT2D eigenvalue weighted by Crippen LogP contribution is 2.25. The van der Waals surface area contributed by atoms with Crippen LogP contribution in [0.5, 0.6) is 0 Å². The van der Waals surface area contributed by atoms with Crippen molar-refractivity contribution >= 4 is 11.8 Å². The van der Waals surface area contributed by atoms with E-state index >= 15 is 0 Å². The number of carbonyl (C=O) groups excluding carboxylic acids is 2. The summed E-state index contributed by atoms with van der Waals surface area (Å²) in [6.07, 6.45) is 0.453. The van der Waals surface area contributed by atoms with Gasteiger partial charge in [-0.1, -0.05) is 24.3 Å². The Morgan fingerprint density at radius 1 is 1.25 bits per heavy atom. The van der Waals surface area contributed by atoms with E-state index in [4.69, 9.17) is 4.74 Å². The summed E-state index contributed by atoms with van der Waals surface area (Å²) in [4.78, 5) is 28.1. The molecule has 2 heterocycles. The number of benzene rings is 1. The fraction of sp³-hybridized carbons (Fsp3) is 0.579. The van der Waals surface area contributed by atoms with Crippen LogP contribution in [0.2, 0.25) is 0 Å². The van der Waals surface area contributed by atoms with E-state index in [2.05, 4.69) is 19.1 Å². The topological polar surface area (TPSA) is 49.9 Å². The highest BCUT2D eigenvalue weighted by atomic mass is 16.5. The third-order valence-corrected chi connectivity index (χ3v) is 5.03. The molecular formula is C19H26N2O3. The van der Waals surface area contributed by atoms with Crippen LogP contribution in [0.3, 0.4) is 0 Å². The molecule has 0 spiro atoms. The summed E-state index contributed by atoms with van der Waals surface area (Å²) in [7, 11) is 0. The highest BCUT2D eigenvalue weighted by Gasteiger charge is 2.41. The van der Waals surface area contributed by atoms with Gasteiger partial charge in [0, 0.05) is 32.1 Å². The summed E-state index contributed by atoms with van der Waals surface area (Å²) in [6.45, 7) is 8.47. The monoisotopic (exact) mass is 330 g/mol. The van der Waals surface area contributed by atoms with Gasteiger partial charge >= 0.3 is 0 Å². The van der Waals surface area contributed by atoms with Crippen molar-refractivity contribution in [2.45, 2.75) is 45.9 Å². The van der Waals surface area contributed by atoms with Gasteiger partial charge in [0.1, 0.15) is 0 Å². The van der Waals surface area contributed by atoms with Crippen molar-refractivity contribution in [3.63, 3.8) is 0 Å². The van der Waals surface area contributed by atoms with E-state index in [1.807, 2.05) is 30.9 Å². The largest absolute Gasteiger partial charge is 0.370 e. The molecule has 130 valence electrons. The molecule has 1 unspecified atom stereocenters. The minimum Gasteiger partial charge on any atom is -0.370 e. The predicted octanol–water partition coefficient (Wildman–Crippen LogP) is 1.98. The van der Waals surface area contributed by atoms with Gasteiger partial charge < -0.3 is 14.5 Å². The van der Waals surface area contributed by atoms with Crippen LogP contribution in [0.15, 0.2) is 24.3 Å². The maximum atomic E-state index is 12.5. The van der Waals surface area contributed by atoms with Gasteiger partial charge in [0.25, 0.3) is 0 Å². The molecule has 0 saturated carbocycles. The van der Waals surface area contributed by atoms with Gasteiger partial charge in [-0.05, 0) is 31.9 Å².